The molecular formula is C11H21NO3. The highest BCUT2D eigenvalue weighted by Gasteiger charge is 2.20. The zero-order chi connectivity index (χ0) is 11.1. The number of aliphatic carboxylic acids is 1. The quantitative estimate of drug-likeness (QED) is 0.651. The third-order valence-corrected chi connectivity index (χ3v) is 2.91. The summed E-state index contributed by atoms with van der Waals surface area (Å²) in [5.41, 5.74) is 0. The molecule has 15 heavy (non-hydrogen) atoms. The molecule has 1 N–H and O–H groups in total. The molecular weight excluding hydrogens is 194 g/mol. The largest absolute Gasteiger partial charge is 0.481 e. The SMILES string of the molecule is CN1CCC[C@H]1COCCCCC(=O)O. The Bertz CT molecular complexity index is 196. The van der Waals surface area contributed by atoms with Crippen LogP contribution in [-0.2, 0) is 9.53 Å². The van der Waals surface area contributed by atoms with Gasteiger partial charge in [-0.05, 0) is 39.3 Å². The lowest BCUT2D eigenvalue weighted by atomic mass is 10.2. The Kier molecular flexibility index (Phi) is 5.65. The lowest BCUT2D eigenvalue weighted by molar-refractivity contribution is -0.137. The molecule has 0 unspecified atom stereocenters. The van der Waals surface area contributed by atoms with Gasteiger partial charge in [-0.15, -0.1) is 0 Å². The molecule has 0 amide bonds. The number of unbranched alkanes of at least 4 members (excludes halogenated alkanes) is 1. The molecule has 0 saturated carbocycles. The summed E-state index contributed by atoms with van der Waals surface area (Å²) in [4.78, 5) is 12.6. The summed E-state index contributed by atoms with van der Waals surface area (Å²) in [6, 6.07) is 0.574. The van der Waals surface area contributed by atoms with Gasteiger partial charge in [-0.25, -0.2) is 0 Å². The predicted molar refractivity (Wildman–Crippen MR) is 58.0 cm³/mol. The van der Waals surface area contributed by atoms with Crippen molar-refractivity contribution in [2.75, 3.05) is 26.8 Å². The van der Waals surface area contributed by atoms with Crippen LogP contribution in [0.3, 0.4) is 0 Å². The molecule has 1 rings (SSSR count). The number of likely N-dealkylation sites (N-methyl/N-ethyl adjacent to an activating group) is 1. The van der Waals surface area contributed by atoms with Gasteiger partial charge in [0.1, 0.15) is 0 Å². The van der Waals surface area contributed by atoms with Crippen molar-refractivity contribution in [3.63, 3.8) is 0 Å². The molecule has 4 heteroatoms. The average Bonchev–Trinajstić information content (AvgIpc) is 2.57. The fourth-order valence-corrected chi connectivity index (χ4v) is 1.89. The summed E-state index contributed by atoms with van der Waals surface area (Å²) in [6.07, 6.45) is 4.32. The van der Waals surface area contributed by atoms with Gasteiger partial charge in [0.15, 0.2) is 0 Å². The van der Waals surface area contributed by atoms with Gasteiger partial charge in [-0.1, -0.05) is 0 Å². The summed E-state index contributed by atoms with van der Waals surface area (Å²) in [5, 5.41) is 8.43. The van der Waals surface area contributed by atoms with Crippen LogP contribution in [0.15, 0.2) is 0 Å². The molecule has 88 valence electrons. The number of hydrogen-bond acceptors (Lipinski definition) is 3. The van der Waals surface area contributed by atoms with Crippen molar-refractivity contribution in [3.05, 3.63) is 0 Å². The summed E-state index contributed by atoms with van der Waals surface area (Å²) >= 11 is 0. The Labute approximate surface area is 91.2 Å². The van der Waals surface area contributed by atoms with Crippen LogP contribution in [0.5, 0.6) is 0 Å². The highest BCUT2D eigenvalue weighted by atomic mass is 16.5. The standard InChI is InChI=1S/C11H21NO3/c1-12-7-4-5-10(12)9-15-8-3-2-6-11(13)14/h10H,2-9H2,1H3,(H,13,14)/t10-/m0/s1. The first-order valence-electron chi connectivity index (χ1n) is 5.70. The maximum Gasteiger partial charge on any atom is 0.303 e. The van der Waals surface area contributed by atoms with Crippen molar-refractivity contribution in [1.82, 2.24) is 4.90 Å². The first kappa shape index (κ1) is 12.5. The minimum atomic E-state index is -0.717. The van der Waals surface area contributed by atoms with Crippen LogP contribution in [0.1, 0.15) is 32.1 Å². The first-order chi connectivity index (χ1) is 7.20. The van der Waals surface area contributed by atoms with Crippen LogP contribution in [0.4, 0.5) is 0 Å². The number of carboxylic acids is 1. The number of carbonyl (C=O) groups is 1. The van der Waals surface area contributed by atoms with E-state index in [4.69, 9.17) is 9.84 Å². The van der Waals surface area contributed by atoms with E-state index >= 15 is 0 Å². The molecule has 1 atom stereocenters. The van der Waals surface area contributed by atoms with Crippen molar-refractivity contribution in [3.8, 4) is 0 Å². The molecule has 1 aliphatic rings. The fraction of sp³-hybridized carbons (Fsp3) is 0.909. The predicted octanol–water partition coefficient (Wildman–Crippen LogP) is 1.35. The summed E-state index contributed by atoms with van der Waals surface area (Å²) < 4.78 is 5.54. The number of rotatable bonds is 7. The van der Waals surface area contributed by atoms with Crippen molar-refractivity contribution < 1.29 is 14.6 Å². The van der Waals surface area contributed by atoms with Gasteiger partial charge in [0.05, 0.1) is 6.61 Å². The maximum absolute atomic E-state index is 10.2. The van der Waals surface area contributed by atoms with E-state index in [1.165, 1.54) is 19.4 Å². The van der Waals surface area contributed by atoms with E-state index < -0.39 is 5.97 Å². The molecule has 4 nitrogen and oxygen atoms in total. The molecule has 0 aromatic rings. The molecule has 0 aromatic heterocycles. The molecule has 0 bridgehead atoms. The van der Waals surface area contributed by atoms with E-state index in [0.717, 1.165) is 19.4 Å². The minimum absolute atomic E-state index is 0.257. The average molecular weight is 215 g/mol. The lowest BCUT2D eigenvalue weighted by Crippen LogP contribution is -2.29. The summed E-state index contributed by atoms with van der Waals surface area (Å²) in [6.45, 7) is 2.66. The Morgan fingerprint density at radius 3 is 2.93 bits per heavy atom. The van der Waals surface area contributed by atoms with Crippen molar-refractivity contribution >= 4 is 5.97 Å². The second-order valence-electron chi connectivity index (χ2n) is 4.20. The Morgan fingerprint density at radius 2 is 2.33 bits per heavy atom. The van der Waals surface area contributed by atoms with E-state index in [1.807, 2.05) is 0 Å². The van der Waals surface area contributed by atoms with Gasteiger partial charge in [0.2, 0.25) is 0 Å². The van der Waals surface area contributed by atoms with Crippen LogP contribution in [0.2, 0.25) is 0 Å². The third-order valence-electron chi connectivity index (χ3n) is 2.91. The topological polar surface area (TPSA) is 49.8 Å². The molecule has 1 fully saturated rings. The second kappa shape index (κ2) is 6.80. The number of nitrogens with zero attached hydrogens (tertiary/aromatic N) is 1. The molecule has 1 heterocycles. The van der Waals surface area contributed by atoms with Crippen molar-refractivity contribution in [2.45, 2.75) is 38.1 Å². The van der Waals surface area contributed by atoms with Gasteiger partial charge in [0, 0.05) is 19.1 Å². The smallest absolute Gasteiger partial charge is 0.303 e. The van der Waals surface area contributed by atoms with Gasteiger partial charge in [-0.3, -0.25) is 4.79 Å². The molecule has 0 spiro atoms. The van der Waals surface area contributed by atoms with E-state index in [0.29, 0.717) is 12.6 Å². The van der Waals surface area contributed by atoms with E-state index in [1.54, 1.807) is 0 Å². The van der Waals surface area contributed by atoms with Gasteiger partial charge in [-0.2, -0.15) is 0 Å². The molecule has 1 saturated heterocycles. The van der Waals surface area contributed by atoms with Crippen LogP contribution in [0.25, 0.3) is 0 Å². The molecule has 1 aliphatic heterocycles. The second-order valence-corrected chi connectivity index (χ2v) is 4.20. The highest BCUT2D eigenvalue weighted by Crippen LogP contribution is 2.14. The van der Waals surface area contributed by atoms with Crippen LogP contribution in [-0.4, -0.2) is 48.8 Å². The maximum atomic E-state index is 10.2. The van der Waals surface area contributed by atoms with Crippen LogP contribution >= 0.6 is 0 Å². The van der Waals surface area contributed by atoms with Gasteiger partial charge in [0.25, 0.3) is 0 Å². The monoisotopic (exact) mass is 215 g/mol. The fourth-order valence-electron chi connectivity index (χ4n) is 1.89. The molecule has 0 aromatic carbocycles. The number of hydrogen-bond donors (Lipinski definition) is 1. The van der Waals surface area contributed by atoms with Crippen molar-refractivity contribution in [2.24, 2.45) is 0 Å². The molecule has 0 radical (unpaired) electrons. The lowest BCUT2D eigenvalue weighted by Gasteiger charge is -2.18. The zero-order valence-electron chi connectivity index (χ0n) is 9.45. The van der Waals surface area contributed by atoms with Crippen LogP contribution < -0.4 is 0 Å². The van der Waals surface area contributed by atoms with Gasteiger partial charge >= 0.3 is 5.97 Å². The zero-order valence-corrected chi connectivity index (χ0v) is 9.45. The minimum Gasteiger partial charge on any atom is -0.481 e. The number of likely N-dealkylation sites (tertiary alicyclic amines) is 1. The summed E-state index contributed by atoms with van der Waals surface area (Å²) in [7, 11) is 2.13. The Hall–Kier alpha value is -0.610. The van der Waals surface area contributed by atoms with Crippen LogP contribution in [0, 0.1) is 0 Å². The highest BCUT2D eigenvalue weighted by molar-refractivity contribution is 5.66. The first-order valence-corrected chi connectivity index (χ1v) is 5.70. The normalized spacial score (nSPS) is 22.1. The number of ether oxygens (including phenoxy) is 1. The number of carboxylic acid groups (broad SMARTS) is 1. The van der Waals surface area contributed by atoms with Gasteiger partial charge < -0.3 is 14.7 Å². The summed E-state index contributed by atoms with van der Waals surface area (Å²) in [5.74, 6) is -0.717. The van der Waals surface area contributed by atoms with E-state index in [-0.39, 0.29) is 6.42 Å². The Morgan fingerprint density at radius 1 is 1.53 bits per heavy atom. The molecule has 0 aliphatic carbocycles. The van der Waals surface area contributed by atoms with E-state index in [2.05, 4.69) is 11.9 Å². The van der Waals surface area contributed by atoms with Crippen molar-refractivity contribution in [1.29, 1.82) is 0 Å². The third kappa shape index (κ3) is 5.14. The van der Waals surface area contributed by atoms with E-state index in [9.17, 15) is 4.79 Å². The Balaban J connectivity index is 1.90.